The lowest BCUT2D eigenvalue weighted by Gasteiger charge is -2.34. The SMILES string of the molecule is Nc1ccc2nc(N3CCN(CC4CC4)CC3)[nH]c2c1. The molecule has 1 aromatic carbocycles. The minimum absolute atomic E-state index is 0.780. The molecule has 2 aliphatic rings. The molecule has 106 valence electrons. The zero-order valence-corrected chi connectivity index (χ0v) is 11.7. The Balaban J connectivity index is 1.46. The van der Waals surface area contributed by atoms with Crippen LogP contribution in [0.5, 0.6) is 0 Å². The minimum atomic E-state index is 0.780. The Labute approximate surface area is 118 Å². The Morgan fingerprint density at radius 3 is 2.75 bits per heavy atom. The van der Waals surface area contributed by atoms with E-state index < -0.39 is 0 Å². The van der Waals surface area contributed by atoms with E-state index in [2.05, 4.69) is 19.8 Å². The zero-order chi connectivity index (χ0) is 13.5. The van der Waals surface area contributed by atoms with Crippen molar-refractivity contribution in [3.8, 4) is 0 Å². The van der Waals surface area contributed by atoms with Crippen molar-refractivity contribution in [2.75, 3.05) is 43.4 Å². The smallest absolute Gasteiger partial charge is 0.203 e. The third kappa shape index (κ3) is 2.33. The van der Waals surface area contributed by atoms with Crippen molar-refractivity contribution < 1.29 is 0 Å². The van der Waals surface area contributed by atoms with Gasteiger partial charge in [-0.2, -0.15) is 0 Å². The second kappa shape index (κ2) is 4.66. The molecule has 3 N–H and O–H groups in total. The first-order valence-corrected chi connectivity index (χ1v) is 7.50. The number of nitrogen functional groups attached to an aromatic ring is 1. The molecule has 0 atom stereocenters. The van der Waals surface area contributed by atoms with Gasteiger partial charge >= 0.3 is 0 Å². The standard InChI is InChI=1S/C15H21N5/c16-12-3-4-13-14(9-12)18-15(17-13)20-7-5-19(6-8-20)10-11-1-2-11/h3-4,9,11H,1-2,5-8,10,16H2,(H,17,18). The second-order valence-electron chi connectivity index (χ2n) is 6.07. The van der Waals surface area contributed by atoms with Gasteiger partial charge in [-0.15, -0.1) is 0 Å². The maximum Gasteiger partial charge on any atom is 0.203 e. The van der Waals surface area contributed by atoms with Crippen LogP contribution in [0, 0.1) is 5.92 Å². The number of anilines is 2. The van der Waals surface area contributed by atoms with Gasteiger partial charge in [-0.1, -0.05) is 0 Å². The van der Waals surface area contributed by atoms with Crippen LogP contribution in [0.3, 0.4) is 0 Å². The summed E-state index contributed by atoms with van der Waals surface area (Å²) in [6.45, 7) is 5.71. The first-order valence-electron chi connectivity index (χ1n) is 7.50. The molecule has 1 saturated heterocycles. The Kier molecular flexibility index (Phi) is 2.80. The molecule has 20 heavy (non-hydrogen) atoms. The fourth-order valence-electron chi connectivity index (χ4n) is 2.97. The third-order valence-electron chi connectivity index (χ3n) is 4.38. The number of nitrogens with zero attached hydrogens (tertiary/aromatic N) is 3. The molecular formula is C15H21N5. The lowest BCUT2D eigenvalue weighted by atomic mass is 10.3. The molecule has 0 spiro atoms. The summed E-state index contributed by atoms with van der Waals surface area (Å²) in [5, 5.41) is 0. The van der Waals surface area contributed by atoms with E-state index >= 15 is 0 Å². The number of H-pyrrole nitrogens is 1. The summed E-state index contributed by atoms with van der Waals surface area (Å²) in [6.07, 6.45) is 2.87. The van der Waals surface area contributed by atoms with Gasteiger partial charge in [0.2, 0.25) is 5.95 Å². The molecule has 0 amide bonds. The summed E-state index contributed by atoms with van der Waals surface area (Å²) < 4.78 is 0. The van der Waals surface area contributed by atoms with Crippen LogP contribution < -0.4 is 10.6 Å². The number of nitrogens with one attached hydrogen (secondary N) is 1. The quantitative estimate of drug-likeness (QED) is 0.834. The van der Waals surface area contributed by atoms with E-state index in [1.54, 1.807) is 0 Å². The maximum absolute atomic E-state index is 5.81. The van der Waals surface area contributed by atoms with Gasteiger partial charge in [0.15, 0.2) is 0 Å². The lowest BCUT2D eigenvalue weighted by Crippen LogP contribution is -2.47. The zero-order valence-electron chi connectivity index (χ0n) is 11.7. The summed E-state index contributed by atoms with van der Waals surface area (Å²) in [5.74, 6) is 1.97. The van der Waals surface area contributed by atoms with Crippen molar-refractivity contribution >= 4 is 22.7 Å². The van der Waals surface area contributed by atoms with Crippen molar-refractivity contribution in [2.24, 2.45) is 5.92 Å². The number of benzene rings is 1. The van der Waals surface area contributed by atoms with E-state index in [9.17, 15) is 0 Å². The molecule has 4 rings (SSSR count). The molecule has 2 heterocycles. The maximum atomic E-state index is 5.81. The highest BCUT2D eigenvalue weighted by molar-refractivity contribution is 5.80. The molecule has 2 fully saturated rings. The number of fused-ring (bicyclic) bond motifs is 1. The Morgan fingerprint density at radius 1 is 1.20 bits per heavy atom. The monoisotopic (exact) mass is 271 g/mol. The fourth-order valence-corrected chi connectivity index (χ4v) is 2.97. The van der Waals surface area contributed by atoms with Crippen LogP contribution in [0.25, 0.3) is 11.0 Å². The number of rotatable bonds is 3. The highest BCUT2D eigenvalue weighted by Crippen LogP contribution is 2.30. The molecule has 5 heteroatoms. The van der Waals surface area contributed by atoms with Crippen molar-refractivity contribution in [1.29, 1.82) is 0 Å². The van der Waals surface area contributed by atoms with Crippen LogP contribution in [0.1, 0.15) is 12.8 Å². The van der Waals surface area contributed by atoms with Gasteiger partial charge in [-0.05, 0) is 37.0 Å². The number of aromatic amines is 1. The second-order valence-corrected chi connectivity index (χ2v) is 6.07. The van der Waals surface area contributed by atoms with Crippen molar-refractivity contribution in [2.45, 2.75) is 12.8 Å². The predicted molar refractivity (Wildman–Crippen MR) is 81.9 cm³/mol. The first-order chi connectivity index (χ1) is 9.78. The summed E-state index contributed by atoms with van der Waals surface area (Å²) in [5.41, 5.74) is 8.62. The van der Waals surface area contributed by atoms with E-state index in [0.717, 1.165) is 54.8 Å². The van der Waals surface area contributed by atoms with Crippen LogP contribution >= 0.6 is 0 Å². The average Bonchev–Trinajstić information content (AvgIpc) is 3.16. The van der Waals surface area contributed by atoms with Gasteiger partial charge in [-0.25, -0.2) is 4.98 Å². The van der Waals surface area contributed by atoms with Gasteiger partial charge in [0.25, 0.3) is 0 Å². The first kappa shape index (κ1) is 12.0. The van der Waals surface area contributed by atoms with E-state index in [4.69, 9.17) is 5.73 Å². The molecule has 1 aliphatic carbocycles. The summed E-state index contributed by atoms with van der Waals surface area (Å²) in [7, 11) is 0. The van der Waals surface area contributed by atoms with Gasteiger partial charge in [-0.3, -0.25) is 4.90 Å². The Morgan fingerprint density at radius 2 is 2.00 bits per heavy atom. The Bertz CT molecular complexity index is 608. The molecule has 0 radical (unpaired) electrons. The molecule has 1 aliphatic heterocycles. The number of hydrogen-bond acceptors (Lipinski definition) is 4. The predicted octanol–water partition coefficient (Wildman–Crippen LogP) is 1.68. The van der Waals surface area contributed by atoms with Gasteiger partial charge in [0.05, 0.1) is 11.0 Å². The highest BCUT2D eigenvalue weighted by Gasteiger charge is 2.26. The normalized spacial score (nSPS) is 20.7. The van der Waals surface area contributed by atoms with Crippen LogP contribution in [-0.2, 0) is 0 Å². The van der Waals surface area contributed by atoms with Gasteiger partial charge in [0, 0.05) is 38.4 Å². The molecule has 1 aromatic heterocycles. The van der Waals surface area contributed by atoms with Crippen LogP contribution in [0.15, 0.2) is 18.2 Å². The average molecular weight is 271 g/mol. The lowest BCUT2D eigenvalue weighted by molar-refractivity contribution is 0.247. The van der Waals surface area contributed by atoms with Crippen LogP contribution in [0.4, 0.5) is 11.6 Å². The van der Waals surface area contributed by atoms with E-state index in [-0.39, 0.29) is 0 Å². The largest absolute Gasteiger partial charge is 0.399 e. The Hall–Kier alpha value is -1.75. The molecule has 5 nitrogen and oxygen atoms in total. The van der Waals surface area contributed by atoms with E-state index in [1.165, 1.54) is 19.4 Å². The number of imidazole rings is 1. The summed E-state index contributed by atoms with van der Waals surface area (Å²) in [4.78, 5) is 13.0. The third-order valence-corrected chi connectivity index (χ3v) is 4.38. The van der Waals surface area contributed by atoms with Crippen LogP contribution in [0.2, 0.25) is 0 Å². The van der Waals surface area contributed by atoms with Crippen molar-refractivity contribution in [3.63, 3.8) is 0 Å². The summed E-state index contributed by atoms with van der Waals surface area (Å²) in [6, 6.07) is 5.84. The van der Waals surface area contributed by atoms with Gasteiger partial charge in [0.1, 0.15) is 0 Å². The fraction of sp³-hybridized carbons (Fsp3) is 0.533. The summed E-state index contributed by atoms with van der Waals surface area (Å²) >= 11 is 0. The van der Waals surface area contributed by atoms with Crippen molar-refractivity contribution in [3.05, 3.63) is 18.2 Å². The number of hydrogen-bond donors (Lipinski definition) is 2. The molecule has 2 aromatic rings. The topological polar surface area (TPSA) is 61.2 Å². The molecule has 0 unspecified atom stereocenters. The number of nitrogens with two attached hydrogens (primary N) is 1. The molecular weight excluding hydrogens is 250 g/mol. The van der Waals surface area contributed by atoms with Crippen LogP contribution in [-0.4, -0.2) is 47.6 Å². The minimum Gasteiger partial charge on any atom is -0.399 e. The molecule has 0 bridgehead atoms. The number of aromatic nitrogens is 2. The van der Waals surface area contributed by atoms with E-state index in [1.807, 2.05) is 18.2 Å². The van der Waals surface area contributed by atoms with Gasteiger partial charge < -0.3 is 15.6 Å². The number of piperazine rings is 1. The van der Waals surface area contributed by atoms with E-state index in [0.29, 0.717) is 0 Å². The molecule has 1 saturated carbocycles. The highest BCUT2D eigenvalue weighted by atomic mass is 15.3. The van der Waals surface area contributed by atoms with Crippen molar-refractivity contribution in [1.82, 2.24) is 14.9 Å².